The van der Waals surface area contributed by atoms with Gasteiger partial charge in [-0.1, -0.05) is 54.6 Å². The molecule has 0 bridgehead atoms. The molecule has 0 fully saturated rings. The van der Waals surface area contributed by atoms with Gasteiger partial charge in [-0.25, -0.2) is 9.18 Å². The van der Waals surface area contributed by atoms with E-state index >= 15 is 0 Å². The molecule has 1 heterocycles. The minimum Gasteiger partial charge on any atom is -0.454 e. The summed E-state index contributed by atoms with van der Waals surface area (Å²) < 4.78 is 19.2. The molecule has 0 spiro atoms. The summed E-state index contributed by atoms with van der Waals surface area (Å²) in [5.41, 5.74) is 3.84. The molecule has 7 heteroatoms. The van der Waals surface area contributed by atoms with E-state index in [0.717, 1.165) is 30.4 Å². The fourth-order valence-corrected chi connectivity index (χ4v) is 4.65. The molecule has 5 rings (SSSR count). The maximum atomic E-state index is 13.3. The molecular weight excluding hydrogens is 469 g/mol. The summed E-state index contributed by atoms with van der Waals surface area (Å²) in [5, 5.41) is 5.90. The van der Waals surface area contributed by atoms with Crippen LogP contribution in [0.5, 0.6) is 0 Å². The molecule has 0 aliphatic heterocycles. The number of aryl methyl sites for hydroxylation is 1. The molecule has 3 amide bonds. The van der Waals surface area contributed by atoms with Crippen LogP contribution in [0.4, 0.5) is 14.9 Å². The van der Waals surface area contributed by atoms with Crippen LogP contribution in [-0.4, -0.2) is 16.8 Å². The second kappa shape index (κ2) is 11.1. The van der Waals surface area contributed by atoms with Crippen LogP contribution < -0.4 is 10.6 Å². The fourth-order valence-electron chi connectivity index (χ4n) is 4.65. The molecule has 1 aromatic heterocycles. The smallest absolute Gasteiger partial charge is 0.322 e. The van der Waals surface area contributed by atoms with Gasteiger partial charge in [-0.15, -0.1) is 0 Å². The quantitative estimate of drug-likeness (QED) is 0.308. The Morgan fingerprint density at radius 1 is 0.892 bits per heavy atom. The van der Waals surface area contributed by atoms with Crippen molar-refractivity contribution in [2.24, 2.45) is 0 Å². The lowest BCUT2D eigenvalue weighted by Crippen LogP contribution is -2.34. The van der Waals surface area contributed by atoms with Gasteiger partial charge in [-0.3, -0.25) is 4.79 Å². The Morgan fingerprint density at radius 2 is 1.65 bits per heavy atom. The Labute approximate surface area is 215 Å². The number of furan rings is 1. The minimum atomic E-state index is -0.378. The van der Waals surface area contributed by atoms with E-state index in [2.05, 4.69) is 22.8 Å². The van der Waals surface area contributed by atoms with Crippen LogP contribution in [0.15, 0.2) is 95.4 Å². The largest absolute Gasteiger partial charge is 0.454 e. The molecule has 4 aromatic rings. The van der Waals surface area contributed by atoms with Crippen molar-refractivity contribution < 1.29 is 18.4 Å². The normalized spacial score (nSPS) is 14.5. The molecule has 0 saturated carbocycles. The van der Waals surface area contributed by atoms with Crippen molar-refractivity contribution in [3.8, 4) is 0 Å². The number of hydrogen-bond donors (Lipinski definition) is 2. The maximum Gasteiger partial charge on any atom is 0.322 e. The Kier molecular flexibility index (Phi) is 7.31. The van der Waals surface area contributed by atoms with Crippen LogP contribution in [0.2, 0.25) is 0 Å². The fraction of sp³-hybridized carbons (Fsp3) is 0.200. The van der Waals surface area contributed by atoms with E-state index in [-0.39, 0.29) is 36.1 Å². The number of hydrogen-bond acceptors (Lipinski definition) is 3. The summed E-state index contributed by atoms with van der Waals surface area (Å²) in [6, 6.07) is 26.3. The molecular formula is C30H28FN3O3. The molecule has 0 saturated heterocycles. The van der Waals surface area contributed by atoms with E-state index in [1.165, 1.54) is 29.8 Å². The van der Waals surface area contributed by atoms with E-state index in [9.17, 15) is 14.0 Å². The zero-order chi connectivity index (χ0) is 25.6. The lowest BCUT2D eigenvalue weighted by atomic mass is 9.88. The summed E-state index contributed by atoms with van der Waals surface area (Å²) in [6.07, 6.45) is 2.92. The average Bonchev–Trinajstić information content (AvgIpc) is 3.39. The van der Waals surface area contributed by atoms with E-state index in [1.54, 1.807) is 17.0 Å². The van der Waals surface area contributed by atoms with Crippen LogP contribution in [0.3, 0.4) is 0 Å². The van der Waals surface area contributed by atoms with Crippen LogP contribution >= 0.6 is 0 Å². The summed E-state index contributed by atoms with van der Waals surface area (Å²) in [5.74, 6) is 0.0339. The number of amides is 3. The van der Waals surface area contributed by atoms with E-state index in [0.29, 0.717) is 18.0 Å². The van der Waals surface area contributed by atoms with Crippen molar-refractivity contribution in [1.29, 1.82) is 0 Å². The Hall–Kier alpha value is -4.39. The van der Waals surface area contributed by atoms with Crippen molar-refractivity contribution in [3.63, 3.8) is 0 Å². The second-order valence-corrected chi connectivity index (χ2v) is 9.16. The molecule has 1 aliphatic carbocycles. The van der Waals surface area contributed by atoms with Crippen molar-refractivity contribution in [2.45, 2.75) is 38.4 Å². The molecule has 188 valence electrons. The first-order valence-electron chi connectivity index (χ1n) is 12.4. The molecule has 6 nitrogen and oxygen atoms in total. The molecule has 1 atom stereocenters. The minimum absolute atomic E-state index is 0.0536. The SMILES string of the molecule is O=C(N[C@H]1CCCc2ccccc21)c1ccc(CN(Cc2ccccc2)C(=O)Nc2ccc(F)cc2)o1. The molecule has 37 heavy (non-hydrogen) atoms. The first kappa shape index (κ1) is 24.3. The van der Waals surface area contributed by atoms with Crippen LogP contribution in [0.25, 0.3) is 0 Å². The van der Waals surface area contributed by atoms with Gasteiger partial charge >= 0.3 is 6.03 Å². The predicted octanol–water partition coefficient (Wildman–Crippen LogP) is 6.46. The van der Waals surface area contributed by atoms with Crippen LogP contribution in [0.1, 0.15) is 51.9 Å². The van der Waals surface area contributed by atoms with Crippen LogP contribution in [-0.2, 0) is 19.5 Å². The highest BCUT2D eigenvalue weighted by Crippen LogP contribution is 2.29. The summed E-state index contributed by atoms with van der Waals surface area (Å²) >= 11 is 0. The summed E-state index contributed by atoms with van der Waals surface area (Å²) in [6.45, 7) is 0.483. The van der Waals surface area contributed by atoms with Crippen molar-refractivity contribution >= 4 is 17.6 Å². The van der Waals surface area contributed by atoms with Gasteiger partial charge in [0.25, 0.3) is 5.91 Å². The van der Waals surface area contributed by atoms with Crippen molar-refractivity contribution in [1.82, 2.24) is 10.2 Å². The topological polar surface area (TPSA) is 74.6 Å². The van der Waals surface area contributed by atoms with Gasteiger partial charge in [0.2, 0.25) is 0 Å². The monoisotopic (exact) mass is 497 g/mol. The first-order chi connectivity index (χ1) is 18.0. The standard InChI is InChI=1S/C30H28FN3O3/c31-23-13-15-24(16-14-23)32-30(36)34(19-21-7-2-1-3-8-21)20-25-17-18-28(37-25)29(35)33-27-12-6-10-22-9-4-5-11-26(22)27/h1-5,7-9,11,13-18,27H,6,10,12,19-20H2,(H,32,36)(H,33,35)/t27-/m0/s1. The third-order valence-electron chi connectivity index (χ3n) is 6.51. The maximum absolute atomic E-state index is 13.3. The molecule has 0 radical (unpaired) electrons. The van der Waals surface area contributed by atoms with Gasteiger partial charge in [0.05, 0.1) is 12.6 Å². The zero-order valence-electron chi connectivity index (χ0n) is 20.3. The highest BCUT2D eigenvalue weighted by molar-refractivity contribution is 5.92. The lowest BCUT2D eigenvalue weighted by Gasteiger charge is -2.26. The number of nitrogens with one attached hydrogen (secondary N) is 2. The summed E-state index contributed by atoms with van der Waals surface area (Å²) in [7, 11) is 0. The number of anilines is 1. The van der Waals surface area contributed by atoms with Crippen molar-refractivity contribution in [3.05, 3.63) is 125 Å². The number of carbonyl (C=O) groups is 2. The number of rotatable bonds is 7. The number of urea groups is 1. The number of benzene rings is 3. The van der Waals surface area contributed by atoms with Crippen molar-refractivity contribution in [2.75, 3.05) is 5.32 Å². The van der Waals surface area contributed by atoms with Gasteiger partial charge in [-0.2, -0.15) is 0 Å². The predicted molar refractivity (Wildman–Crippen MR) is 139 cm³/mol. The van der Waals surface area contributed by atoms with Gasteiger partial charge in [0.1, 0.15) is 11.6 Å². The van der Waals surface area contributed by atoms with E-state index in [4.69, 9.17) is 4.42 Å². The molecule has 0 unspecified atom stereocenters. The molecule has 3 aromatic carbocycles. The number of nitrogens with zero attached hydrogens (tertiary/aromatic N) is 1. The molecule has 2 N–H and O–H groups in total. The first-order valence-corrected chi connectivity index (χ1v) is 12.4. The Balaban J connectivity index is 1.29. The van der Waals surface area contributed by atoms with E-state index in [1.807, 2.05) is 42.5 Å². The zero-order valence-corrected chi connectivity index (χ0v) is 20.3. The summed E-state index contributed by atoms with van der Waals surface area (Å²) in [4.78, 5) is 27.7. The van der Waals surface area contributed by atoms with Gasteiger partial charge in [-0.05, 0) is 72.4 Å². The van der Waals surface area contributed by atoms with Gasteiger partial charge < -0.3 is 20.0 Å². The number of carbonyl (C=O) groups excluding carboxylic acids is 2. The number of fused-ring (bicyclic) bond motifs is 1. The molecule has 1 aliphatic rings. The second-order valence-electron chi connectivity index (χ2n) is 9.16. The van der Waals surface area contributed by atoms with Crippen LogP contribution in [0, 0.1) is 5.82 Å². The highest BCUT2D eigenvalue weighted by Gasteiger charge is 2.24. The third-order valence-corrected chi connectivity index (χ3v) is 6.51. The Morgan fingerprint density at radius 3 is 2.46 bits per heavy atom. The Bertz CT molecular complexity index is 1370. The third kappa shape index (κ3) is 6.06. The van der Waals surface area contributed by atoms with E-state index < -0.39 is 0 Å². The average molecular weight is 498 g/mol. The van der Waals surface area contributed by atoms with Gasteiger partial charge in [0, 0.05) is 12.2 Å². The lowest BCUT2D eigenvalue weighted by molar-refractivity contribution is 0.0901. The van der Waals surface area contributed by atoms with Gasteiger partial charge in [0.15, 0.2) is 5.76 Å². The number of halogens is 1. The highest BCUT2D eigenvalue weighted by atomic mass is 19.1.